The molecule has 0 saturated heterocycles. The van der Waals surface area contributed by atoms with Gasteiger partial charge in [-0.1, -0.05) is 0 Å². The summed E-state index contributed by atoms with van der Waals surface area (Å²) in [6, 6.07) is 0. The van der Waals surface area contributed by atoms with Crippen LogP contribution < -0.4 is 0 Å². The maximum atomic E-state index is 10.6. The topological polar surface area (TPSA) is 57.5 Å². The molecule has 13 heavy (non-hydrogen) atoms. The molecule has 0 atom stereocenters. The van der Waals surface area contributed by atoms with Crippen LogP contribution in [0, 0.1) is 0 Å². The van der Waals surface area contributed by atoms with Crippen LogP contribution in [0.15, 0.2) is 0 Å². The summed E-state index contributed by atoms with van der Waals surface area (Å²) in [5, 5.41) is 14.4. The zero-order chi connectivity index (χ0) is 11.3. The van der Waals surface area contributed by atoms with Crippen LogP contribution in [0.3, 0.4) is 0 Å². The van der Waals surface area contributed by atoms with E-state index in [9.17, 15) is 26.3 Å². The second kappa shape index (κ2) is 4.90. The summed E-state index contributed by atoms with van der Waals surface area (Å²) in [4.78, 5) is 8.90. The van der Waals surface area contributed by atoms with Gasteiger partial charge in [-0.2, -0.15) is 26.3 Å². The van der Waals surface area contributed by atoms with Crippen molar-refractivity contribution >= 4 is 5.97 Å². The fourth-order valence-electron chi connectivity index (χ4n) is 0. The summed E-state index contributed by atoms with van der Waals surface area (Å²) in [5.41, 5.74) is 0. The van der Waals surface area contributed by atoms with E-state index in [0.717, 1.165) is 0 Å². The summed E-state index contributed by atoms with van der Waals surface area (Å²) >= 11 is 0. The lowest BCUT2D eigenvalue weighted by molar-refractivity contribution is -0.192. The summed E-state index contributed by atoms with van der Waals surface area (Å²) in [6.45, 7) is -1.73. The summed E-state index contributed by atoms with van der Waals surface area (Å²) in [5.74, 6) is -2.76. The van der Waals surface area contributed by atoms with Gasteiger partial charge in [-0.3, -0.25) is 0 Å². The van der Waals surface area contributed by atoms with Crippen molar-refractivity contribution in [1.82, 2.24) is 0 Å². The average Bonchev–Trinajstić information content (AvgIpc) is 1.85. The molecule has 0 aliphatic carbocycles. The van der Waals surface area contributed by atoms with Crippen molar-refractivity contribution in [3.63, 3.8) is 0 Å². The van der Waals surface area contributed by atoms with E-state index in [1.165, 1.54) is 0 Å². The second-order valence-electron chi connectivity index (χ2n) is 1.58. The van der Waals surface area contributed by atoms with E-state index in [4.69, 9.17) is 15.0 Å². The van der Waals surface area contributed by atoms with Crippen molar-refractivity contribution in [3.05, 3.63) is 0 Å². The van der Waals surface area contributed by atoms with Gasteiger partial charge in [0.05, 0.1) is 0 Å². The quantitative estimate of drug-likeness (QED) is 0.595. The third kappa shape index (κ3) is 13.9. The molecule has 0 heterocycles. The molecule has 0 aromatic carbocycles. The van der Waals surface area contributed by atoms with E-state index in [1.807, 2.05) is 0 Å². The molecule has 0 rings (SSSR count). The van der Waals surface area contributed by atoms with Crippen LogP contribution in [0.25, 0.3) is 0 Å². The first-order valence-corrected chi connectivity index (χ1v) is 2.48. The van der Waals surface area contributed by atoms with Crippen molar-refractivity contribution in [3.8, 4) is 0 Å². The zero-order valence-corrected chi connectivity index (χ0v) is 5.78. The largest absolute Gasteiger partial charge is 0.490 e. The van der Waals surface area contributed by atoms with Crippen molar-refractivity contribution in [2.75, 3.05) is 6.61 Å². The highest BCUT2D eigenvalue weighted by Crippen LogP contribution is 2.13. The van der Waals surface area contributed by atoms with E-state index in [1.54, 1.807) is 0 Å². The fraction of sp³-hybridized carbons (Fsp3) is 0.750. The Balaban J connectivity index is 0. The number of aliphatic carboxylic acids is 1. The first-order valence-electron chi connectivity index (χ1n) is 2.48. The number of carbonyl (C=O) groups is 1. The molecule has 0 aliphatic rings. The number of carboxylic acid groups (broad SMARTS) is 1. The SMILES string of the molecule is O=C(O)C(F)(F)F.OCC(F)(F)F. The number of carboxylic acids is 1. The van der Waals surface area contributed by atoms with Gasteiger partial charge in [0.15, 0.2) is 0 Å². The number of hydrogen-bond donors (Lipinski definition) is 2. The fourth-order valence-corrected chi connectivity index (χ4v) is 0. The van der Waals surface area contributed by atoms with E-state index in [0.29, 0.717) is 0 Å². The standard InChI is InChI=1S/C2HF3O2.C2H3F3O/c3-2(4,5)1(6)7;3-2(4,5)1-6/h(H,6,7);6H,1H2. The molecule has 0 bridgehead atoms. The summed E-state index contributed by atoms with van der Waals surface area (Å²) < 4.78 is 63.3. The van der Waals surface area contributed by atoms with E-state index in [2.05, 4.69) is 0 Å². The monoisotopic (exact) mass is 214 g/mol. The molecule has 0 spiro atoms. The van der Waals surface area contributed by atoms with Gasteiger partial charge >= 0.3 is 18.3 Å². The lowest BCUT2D eigenvalue weighted by atomic mass is 10.7. The maximum Gasteiger partial charge on any atom is 0.490 e. The highest BCUT2D eigenvalue weighted by atomic mass is 19.4. The Morgan fingerprint density at radius 3 is 1.23 bits per heavy atom. The Kier molecular flexibility index (Phi) is 5.47. The molecule has 0 amide bonds. The molecule has 0 saturated carbocycles. The van der Waals surface area contributed by atoms with E-state index < -0.39 is 24.9 Å². The lowest BCUT2D eigenvalue weighted by Gasteiger charge is -1.95. The molecule has 0 fully saturated rings. The molecule has 2 N–H and O–H groups in total. The molecule has 9 heteroatoms. The third-order valence-corrected chi connectivity index (χ3v) is 0.422. The number of alkyl halides is 6. The smallest absolute Gasteiger partial charge is 0.475 e. The van der Waals surface area contributed by atoms with Crippen LogP contribution in [-0.4, -0.2) is 35.1 Å². The Hall–Kier alpha value is -0.990. The summed E-state index contributed by atoms with van der Waals surface area (Å²) in [7, 11) is 0. The maximum absolute atomic E-state index is 10.6. The number of aliphatic hydroxyl groups excluding tert-OH is 1. The highest BCUT2D eigenvalue weighted by molar-refractivity contribution is 5.73. The molecule has 0 aliphatic heterocycles. The van der Waals surface area contributed by atoms with Gasteiger partial charge < -0.3 is 10.2 Å². The van der Waals surface area contributed by atoms with Gasteiger partial charge in [0.1, 0.15) is 6.61 Å². The number of aliphatic hydroxyl groups is 1. The van der Waals surface area contributed by atoms with E-state index >= 15 is 0 Å². The van der Waals surface area contributed by atoms with Crippen molar-refractivity contribution in [1.29, 1.82) is 0 Å². The molecule has 0 unspecified atom stereocenters. The van der Waals surface area contributed by atoms with Gasteiger partial charge in [0.25, 0.3) is 0 Å². The van der Waals surface area contributed by atoms with Gasteiger partial charge in [0, 0.05) is 0 Å². The Bertz CT molecular complexity index is 158. The molecule has 3 nitrogen and oxygen atoms in total. The predicted octanol–water partition coefficient (Wildman–Crippen LogP) is 1.17. The molecule has 80 valence electrons. The number of rotatable bonds is 0. The van der Waals surface area contributed by atoms with Crippen molar-refractivity contribution in [2.45, 2.75) is 12.4 Å². The molecular weight excluding hydrogens is 210 g/mol. The molecular formula is C4H4F6O3. The minimum absolute atomic E-state index is 1.73. The Morgan fingerprint density at radius 2 is 1.23 bits per heavy atom. The number of hydrogen-bond acceptors (Lipinski definition) is 2. The highest BCUT2D eigenvalue weighted by Gasteiger charge is 2.38. The third-order valence-electron chi connectivity index (χ3n) is 0.422. The molecule has 0 aromatic rings. The van der Waals surface area contributed by atoms with Gasteiger partial charge in [0.2, 0.25) is 0 Å². The zero-order valence-electron chi connectivity index (χ0n) is 5.78. The van der Waals surface area contributed by atoms with Crippen LogP contribution in [-0.2, 0) is 4.79 Å². The second-order valence-corrected chi connectivity index (χ2v) is 1.58. The van der Waals surface area contributed by atoms with Crippen LogP contribution in [0.2, 0.25) is 0 Å². The lowest BCUT2D eigenvalue weighted by Crippen LogP contribution is -2.21. The predicted molar refractivity (Wildman–Crippen MR) is 26.8 cm³/mol. The van der Waals surface area contributed by atoms with Crippen LogP contribution in [0.1, 0.15) is 0 Å². The first-order chi connectivity index (χ1) is 5.50. The minimum atomic E-state index is -5.08. The van der Waals surface area contributed by atoms with E-state index in [-0.39, 0.29) is 0 Å². The van der Waals surface area contributed by atoms with Crippen LogP contribution >= 0.6 is 0 Å². The van der Waals surface area contributed by atoms with Crippen LogP contribution in [0.5, 0.6) is 0 Å². The number of halogens is 6. The van der Waals surface area contributed by atoms with Gasteiger partial charge in [-0.05, 0) is 0 Å². The van der Waals surface area contributed by atoms with Crippen molar-refractivity contribution in [2.24, 2.45) is 0 Å². The minimum Gasteiger partial charge on any atom is -0.475 e. The Labute approximate surface area is 67.6 Å². The average molecular weight is 214 g/mol. The first kappa shape index (κ1) is 14.5. The van der Waals surface area contributed by atoms with Crippen LogP contribution in [0.4, 0.5) is 26.3 Å². The van der Waals surface area contributed by atoms with Gasteiger partial charge in [-0.25, -0.2) is 4.79 Å². The molecule has 0 radical (unpaired) electrons. The Morgan fingerprint density at radius 1 is 1.08 bits per heavy atom. The summed E-state index contributed by atoms with van der Waals surface area (Å²) in [6.07, 6.45) is -9.49. The normalized spacial score (nSPS) is 11.6. The van der Waals surface area contributed by atoms with Gasteiger partial charge in [-0.15, -0.1) is 0 Å². The molecule has 0 aromatic heterocycles. The van der Waals surface area contributed by atoms with Crippen molar-refractivity contribution < 1.29 is 41.4 Å².